The number of likely N-dealkylation sites (tertiary alicyclic amines) is 1. The Labute approximate surface area is 152 Å². The lowest BCUT2D eigenvalue weighted by Gasteiger charge is -2.36. The summed E-state index contributed by atoms with van der Waals surface area (Å²) in [7, 11) is 0. The fourth-order valence-corrected chi connectivity index (χ4v) is 3.08. The molecule has 0 radical (unpaired) electrons. The molecule has 1 N–H and O–H groups in total. The van der Waals surface area contributed by atoms with Crippen LogP contribution in [0.3, 0.4) is 0 Å². The Morgan fingerprint density at radius 3 is 2.42 bits per heavy atom. The summed E-state index contributed by atoms with van der Waals surface area (Å²) in [5.41, 5.74) is -0.0533. The lowest BCUT2D eigenvalue weighted by Crippen LogP contribution is -2.51. The highest BCUT2D eigenvalue weighted by molar-refractivity contribution is 6.15. The Hall–Kier alpha value is -2.88. The minimum atomic E-state index is -0.832. The fourth-order valence-electron chi connectivity index (χ4n) is 3.08. The van der Waals surface area contributed by atoms with E-state index >= 15 is 0 Å². The number of hydrogen-bond donors (Lipinski definition) is 1. The number of nitrogens with one attached hydrogen (secondary N) is 1. The zero-order valence-electron chi connectivity index (χ0n) is 15.2. The molecule has 2 aliphatic heterocycles. The molecule has 0 aromatic heterocycles. The first kappa shape index (κ1) is 17.9. The number of carbonyl (C=O) groups is 2. The van der Waals surface area contributed by atoms with Gasteiger partial charge in [-0.2, -0.15) is 5.26 Å². The first-order chi connectivity index (χ1) is 12.2. The standard InChI is InChI=1S/C19H22N4O3/c1-18(2,3)26-17(25)23-10-8-19(9-11-23)16(24)21-15(22-19)14-6-4-13(12-20)5-7-14/h4-7H,8-11H2,1-3H3,(H,21,22,24). The molecular formula is C19H22N4O3. The summed E-state index contributed by atoms with van der Waals surface area (Å²) in [6.45, 7) is 6.33. The van der Waals surface area contributed by atoms with Gasteiger partial charge in [-0.15, -0.1) is 0 Å². The van der Waals surface area contributed by atoms with Gasteiger partial charge in [-0.05, 0) is 57.9 Å². The summed E-state index contributed by atoms with van der Waals surface area (Å²) in [6, 6.07) is 9.00. The molecule has 2 aliphatic rings. The third-order valence-corrected chi connectivity index (χ3v) is 4.51. The smallest absolute Gasteiger partial charge is 0.410 e. The van der Waals surface area contributed by atoms with Crippen LogP contribution in [0.5, 0.6) is 0 Å². The zero-order valence-corrected chi connectivity index (χ0v) is 15.2. The van der Waals surface area contributed by atoms with Crippen molar-refractivity contribution >= 4 is 17.8 Å². The summed E-state index contributed by atoms with van der Waals surface area (Å²) in [5.74, 6) is 0.380. The van der Waals surface area contributed by atoms with Gasteiger partial charge in [0.1, 0.15) is 17.0 Å². The van der Waals surface area contributed by atoms with Crippen molar-refractivity contribution in [2.24, 2.45) is 4.99 Å². The maximum absolute atomic E-state index is 12.6. The largest absolute Gasteiger partial charge is 0.444 e. The van der Waals surface area contributed by atoms with Crippen LogP contribution >= 0.6 is 0 Å². The summed E-state index contributed by atoms with van der Waals surface area (Å²) in [6.07, 6.45) is 0.553. The Bertz CT molecular complexity index is 792. The van der Waals surface area contributed by atoms with E-state index in [1.54, 1.807) is 29.2 Å². The maximum Gasteiger partial charge on any atom is 0.410 e. The van der Waals surface area contributed by atoms with E-state index in [0.29, 0.717) is 37.3 Å². The number of benzene rings is 1. The number of amides is 2. The van der Waals surface area contributed by atoms with Gasteiger partial charge < -0.3 is 15.0 Å². The first-order valence-corrected chi connectivity index (χ1v) is 8.62. The minimum Gasteiger partial charge on any atom is -0.444 e. The molecule has 2 amide bonds. The normalized spacial score (nSPS) is 18.9. The summed E-state index contributed by atoms with van der Waals surface area (Å²) in [5, 5.41) is 11.7. The van der Waals surface area contributed by atoms with E-state index in [4.69, 9.17) is 10.00 Å². The number of carbonyl (C=O) groups excluding carboxylic acids is 2. The van der Waals surface area contributed by atoms with Gasteiger partial charge in [0.15, 0.2) is 0 Å². The topological polar surface area (TPSA) is 94.8 Å². The van der Waals surface area contributed by atoms with Gasteiger partial charge in [0.25, 0.3) is 5.91 Å². The molecule has 1 aromatic rings. The van der Waals surface area contributed by atoms with E-state index in [1.165, 1.54) is 0 Å². The minimum absolute atomic E-state index is 0.138. The molecule has 136 valence electrons. The highest BCUT2D eigenvalue weighted by atomic mass is 16.6. The molecule has 3 rings (SSSR count). The third-order valence-electron chi connectivity index (χ3n) is 4.51. The quantitative estimate of drug-likeness (QED) is 0.836. The lowest BCUT2D eigenvalue weighted by atomic mass is 9.88. The van der Waals surface area contributed by atoms with E-state index in [1.807, 2.05) is 20.8 Å². The van der Waals surface area contributed by atoms with E-state index in [-0.39, 0.29) is 12.0 Å². The van der Waals surface area contributed by atoms with Gasteiger partial charge in [0, 0.05) is 18.7 Å². The molecule has 0 aliphatic carbocycles. The number of aliphatic imine (C=N–C) groups is 1. The number of nitrogens with zero attached hydrogens (tertiary/aromatic N) is 3. The van der Waals surface area contributed by atoms with Crippen molar-refractivity contribution in [3.05, 3.63) is 35.4 Å². The van der Waals surface area contributed by atoms with Crippen LogP contribution in [0.4, 0.5) is 4.79 Å². The SMILES string of the molecule is CC(C)(C)OC(=O)N1CCC2(CC1)N=C(c1ccc(C#N)cc1)NC2=O. The first-order valence-electron chi connectivity index (χ1n) is 8.62. The van der Waals surface area contributed by atoms with Crippen LogP contribution in [-0.4, -0.2) is 47.0 Å². The van der Waals surface area contributed by atoms with Crippen molar-refractivity contribution in [1.82, 2.24) is 10.2 Å². The molecule has 7 heteroatoms. The highest BCUT2D eigenvalue weighted by Gasteiger charge is 2.47. The van der Waals surface area contributed by atoms with E-state index < -0.39 is 11.1 Å². The van der Waals surface area contributed by atoms with Gasteiger partial charge in [-0.25, -0.2) is 4.79 Å². The highest BCUT2D eigenvalue weighted by Crippen LogP contribution is 2.31. The van der Waals surface area contributed by atoms with Crippen LogP contribution in [0.2, 0.25) is 0 Å². The van der Waals surface area contributed by atoms with Gasteiger partial charge >= 0.3 is 6.09 Å². The second kappa shape index (κ2) is 6.45. The number of ether oxygens (including phenoxy) is 1. The van der Waals surface area contributed by atoms with Crippen LogP contribution in [-0.2, 0) is 9.53 Å². The number of rotatable bonds is 1. The van der Waals surface area contributed by atoms with Gasteiger partial charge in [-0.1, -0.05) is 0 Å². The average molecular weight is 354 g/mol. The predicted molar refractivity (Wildman–Crippen MR) is 95.6 cm³/mol. The van der Waals surface area contributed by atoms with Crippen molar-refractivity contribution < 1.29 is 14.3 Å². The van der Waals surface area contributed by atoms with Crippen molar-refractivity contribution in [3.63, 3.8) is 0 Å². The summed E-state index contributed by atoms with van der Waals surface area (Å²) in [4.78, 5) is 31.0. The van der Waals surface area contributed by atoms with E-state index in [0.717, 1.165) is 5.56 Å². The molecule has 0 saturated carbocycles. The second-order valence-corrected chi connectivity index (χ2v) is 7.60. The second-order valence-electron chi connectivity index (χ2n) is 7.60. The molecule has 1 saturated heterocycles. The molecule has 1 aromatic carbocycles. The number of nitriles is 1. The van der Waals surface area contributed by atoms with Crippen LogP contribution in [0.1, 0.15) is 44.7 Å². The fraction of sp³-hybridized carbons (Fsp3) is 0.474. The van der Waals surface area contributed by atoms with E-state index in [2.05, 4.69) is 16.4 Å². The number of amidine groups is 1. The van der Waals surface area contributed by atoms with Crippen molar-refractivity contribution in [1.29, 1.82) is 5.26 Å². The lowest BCUT2D eigenvalue weighted by molar-refractivity contribution is -0.125. The molecule has 0 unspecified atom stereocenters. The van der Waals surface area contributed by atoms with Crippen LogP contribution in [0.25, 0.3) is 0 Å². The summed E-state index contributed by atoms with van der Waals surface area (Å²) < 4.78 is 5.39. The summed E-state index contributed by atoms with van der Waals surface area (Å²) >= 11 is 0. The molecule has 1 fully saturated rings. The zero-order chi connectivity index (χ0) is 18.9. The molecule has 0 bridgehead atoms. The Kier molecular flexibility index (Phi) is 4.45. The van der Waals surface area contributed by atoms with Crippen molar-refractivity contribution in [2.75, 3.05) is 13.1 Å². The Morgan fingerprint density at radius 2 is 1.88 bits per heavy atom. The molecule has 26 heavy (non-hydrogen) atoms. The number of piperidine rings is 1. The van der Waals surface area contributed by atoms with Crippen molar-refractivity contribution in [2.45, 2.75) is 44.8 Å². The van der Waals surface area contributed by atoms with Crippen LogP contribution in [0.15, 0.2) is 29.3 Å². The molecule has 0 atom stereocenters. The maximum atomic E-state index is 12.6. The molecular weight excluding hydrogens is 332 g/mol. The molecule has 7 nitrogen and oxygen atoms in total. The third kappa shape index (κ3) is 3.54. The Morgan fingerprint density at radius 1 is 1.27 bits per heavy atom. The molecule has 1 spiro atoms. The average Bonchev–Trinajstić information content (AvgIpc) is 2.90. The van der Waals surface area contributed by atoms with Crippen LogP contribution < -0.4 is 5.32 Å². The monoisotopic (exact) mass is 354 g/mol. The van der Waals surface area contributed by atoms with Gasteiger partial charge in [0.2, 0.25) is 0 Å². The Balaban J connectivity index is 1.71. The van der Waals surface area contributed by atoms with Gasteiger partial charge in [0.05, 0.1) is 11.6 Å². The van der Waals surface area contributed by atoms with E-state index in [9.17, 15) is 9.59 Å². The molecule has 2 heterocycles. The van der Waals surface area contributed by atoms with Gasteiger partial charge in [-0.3, -0.25) is 9.79 Å². The predicted octanol–water partition coefficient (Wildman–Crippen LogP) is 2.20. The van der Waals surface area contributed by atoms with Crippen LogP contribution in [0, 0.1) is 11.3 Å². The van der Waals surface area contributed by atoms with Crippen molar-refractivity contribution in [3.8, 4) is 6.07 Å². The number of hydrogen-bond acceptors (Lipinski definition) is 5.